The number of carbonyl (C=O) groups is 2. The fourth-order valence-corrected chi connectivity index (χ4v) is 3.13. The second-order valence-corrected chi connectivity index (χ2v) is 5.09. The van der Waals surface area contributed by atoms with E-state index in [1.165, 1.54) is 0 Å². The van der Waals surface area contributed by atoms with Crippen LogP contribution in [-0.2, 0) is 9.59 Å². The molecule has 0 amide bonds. The van der Waals surface area contributed by atoms with Crippen molar-refractivity contribution in [3.8, 4) is 0 Å². The molecule has 4 heteroatoms. The summed E-state index contributed by atoms with van der Waals surface area (Å²) in [4.78, 5) is 22.2. The van der Waals surface area contributed by atoms with Crippen LogP contribution in [0.3, 0.4) is 0 Å². The van der Waals surface area contributed by atoms with Gasteiger partial charge in [0.05, 0.1) is 5.41 Å². The lowest BCUT2D eigenvalue weighted by molar-refractivity contribution is -0.155. The molecule has 4 nitrogen and oxygen atoms in total. The van der Waals surface area contributed by atoms with Crippen molar-refractivity contribution in [3.05, 3.63) is 0 Å². The molecule has 0 aliphatic carbocycles. The van der Waals surface area contributed by atoms with Crippen LogP contribution in [-0.4, -0.2) is 22.2 Å². The SMILES string of the molecule is CCC(C(C)CCC(=O)O)C(CC)(CC)C(=O)O. The third kappa shape index (κ3) is 3.72. The predicted octanol–water partition coefficient (Wildman–Crippen LogP) is 3.40. The highest BCUT2D eigenvalue weighted by atomic mass is 16.4. The quantitative estimate of drug-likeness (QED) is 0.664. The first-order valence-corrected chi connectivity index (χ1v) is 6.80. The van der Waals surface area contributed by atoms with Crippen LogP contribution < -0.4 is 0 Å². The molecule has 2 atom stereocenters. The maximum absolute atomic E-state index is 11.6. The molecule has 18 heavy (non-hydrogen) atoms. The van der Waals surface area contributed by atoms with Gasteiger partial charge in [0.25, 0.3) is 0 Å². The average Bonchev–Trinajstić information content (AvgIpc) is 2.32. The van der Waals surface area contributed by atoms with Crippen LogP contribution in [0.1, 0.15) is 59.8 Å². The number of aliphatic carboxylic acids is 2. The Hall–Kier alpha value is -1.06. The van der Waals surface area contributed by atoms with Crippen LogP contribution in [0.4, 0.5) is 0 Å². The molecule has 2 N–H and O–H groups in total. The van der Waals surface area contributed by atoms with Gasteiger partial charge in [0, 0.05) is 6.42 Å². The molecule has 0 fully saturated rings. The van der Waals surface area contributed by atoms with Crippen LogP contribution in [0, 0.1) is 17.3 Å². The monoisotopic (exact) mass is 258 g/mol. The third-order valence-electron chi connectivity index (χ3n) is 4.34. The van der Waals surface area contributed by atoms with E-state index in [4.69, 9.17) is 5.11 Å². The lowest BCUT2D eigenvalue weighted by Gasteiger charge is -2.39. The zero-order chi connectivity index (χ0) is 14.3. The summed E-state index contributed by atoms with van der Waals surface area (Å²) in [6.45, 7) is 7.78. The number of hydrogen-bond donors (Lipinski definition) is 2. The van der Waals surface area contributed by atoms with E-state index in [1.54, 1.807) is 0 Å². The summed E-state index contributed by atoms with van der Waals surface area (Å²) in [5, 5.41) is 18.3. The van der Waals surface area contributed by atoms with Crippen molar-refractivity contribution in [2.24, 2.45) is 17.3 Å². The van der Waals surface area contributed by atoms with Gasteiger partial charge in [0.1, 0.15) is 0 Å². The van der Waals surface area contributed by atoms with Gasteiger partial charge < -0.3 is 10.2 Å². The molecule has 0 saturated heterocycles. The summed E-state index contributed by atoms with van der Waals surface area (Å²) in [5.74, 6) is -1.42. The third-order valence-corrected chi connectivity index (χ3v) is 4.34. The van der Waals surface area contributed by atoms with Gasteiger partial charge in [-0.1, -0.05) is 34.1 Å². The van der Waals surface area contributed by atoms with Crippen molar-refractivity contribution in [3.63, 3.8) is 0 Å². The van der Waals surface area contributed by atoms with Gasteiger partial charge in [0.2, 0.25) is 0 Å². The first-order valence-electron chi connectivity index (χ1n) is 6.80. The summed E-state index contributed by atoms with van der Waals surface area (Å²) in [6, 6.07) is 0. The number of hydrogen-bond acceptors (Lipinski definition) is 2. The van der Waals surface area contributed by atoms with Crippen molar-refractivity contribution in [1.29, 1.82) is 0 Å². The second kappa shape index (κ2) is 7.39. The average molecular weight is 258 g/mol. The molecule has 0 radical (unpaired) electrons. The highest BCUT2D eigenvalue weighted by Gasteiger charge is 2.43. The smallest absolute Gasteiger partial charge is 0.309 e. The molecule has 106 valence electrons. The van der Waals surface area contributed by atoms with Crippen molar-refractivity contribution < 1.29 is 19.8 Å². The van der Waals surface area contributed by atoms with Crippen molar-refractivity contribution >= 4 is 11.9 Å². The van der Waals surface area contributed by atoms with E-state index in [0.29, 0.717) is 19.3 Å². The Morgan fingerprint density at radius 3 is 1.89 bits per heavy atom. The Labute approximate surface area is 109 Å². The summed E-state index contributed by atoms with van der Waals surface area (Å²) in [5.41, 5.74) is -0.716. The first kappa shape index (κ1) is 16.9. The van der Waals surface area contributed by atoms with Gasteiger partial charge in [-0.15, -0.1) is 0 Å². The molecule has 0 aromatic rings. The second-order valence-electron chi connectivity index (χ2n) is 5.09. The van der Waals surface area contributed by atoms with Gasteiger partial charge in [0.15, 0.2) is 0 Å². The molecule has 0 aliphatic heterocycles. The number of rotatable bonds is 9. The number of carboxylic acid groups (broad SMARTS) is 2. The molecule has 2 unspecified atom stereocenters. The molecule has 0 aromatic carbocycles. The predicted molar refractivity (Wildman–Crippen MR) is 70.5 cm³/mol. The Morgan fingerprint density at radius 1 is 1.11 bits per heavy atom. The van der Waals surface area contributed by atoms with E-state index in [1.807, 2.05) is 27.7 Å². The summed E-state index contributed by atoms with van der Waals surface area (Å²) >= 11 is 0. The summed E-state index contributed by atoms with van der Waals surface area (Å²) in [6.07, 6.45) is 2.61. The standard InChI is InChI=1S/C14H26O4/c1-5-11(10(4)8-9-12(15)16)14(6-2,7-3)13(17)18/h10-11H,5-9H2,1-4H3,(H,15,16)(H,17,18). The molecular formula is C14H26O4. The topological polar surface area (TPSA) is 74.6 Å². The molecule has 0 rings (SSSR count). The largest absolute Gasteiger partial charge is 0.481 e. The molecule has 0 saturated carbocycles. The molecule has 0 aliphatic rings. The fourth-order valence-electron chi connectivity index (χ4n) is 3.13. The molecule has 0 bridgehead atoms. The van der Waals surface area contributed by atoms with Crippen molar-refractivity contribution in [2.75, 3.05) is 0 Å². The number of carboxylic acids is 2. The highest BCUT2D eigenvalue weighted by molar-refractivity contribution is 5.75. The Bertz CT molecular complexity index is 282. The fraction of sp³-hybridized carbons (Fsp3) is 0.857. The zero-order valence-electron chi connectivity index (χ0n) is 11.9. The van der Waals surface area contributed by atoms with E-state index < -0.39 is 17.4 Å². The van der Waals surface area contributed by atoms with Crippen molar-refractivity contribution in [2.45, 2.75) is 59.8 Å². The van der Waals surface area contributed by atoms with Gasteiger partial charge in [-0.3, -0.25) is 9.59 Å². The maximum Gasteiger partial charge on any atom is 0.309 e. The van der Waals surface area contributed by atoms with E-state index in [0.717, 1.165) is 6.42 Å². The molecular weight excluding hydrogens is 232 g/mol. The Balaban J connectivity index is 5.00. The first-order chi connectivity index (χ1) is 8.35. The minimum absolute atomic E-state index is 0.0318. The van der Waals surface area contributed by atoms with Crippen LogP contribution in [0.2, 0.25) is 0 Å². The normalized spacial score (nSPS) is 15.1. The maximum atomic E-state index is 11.6. The minimum atomic E-state index is -0.814. The van der Waals surface area contributed by atoms with Crippen LogP contribution in [0.25, 0.3) is 0 Å². The van der Waals surface area contributed by atoms with Gasteiger partial charge in [-0.25, -0.2) is 0 Å². The van der Waals surface area contributed by atoms with E-state index in [2.05, 4.69) is 0 Å². The Kier molecular flexibility index (Phi) is 6.96. The van der Waals surface area contributed by atoms with Gasteiger partial charge in [-0.05, 0) is 31.1 Å². The summed E-state index contributed by atoms with van der Waals surface area (Å²) < 4.78 is 0. The zero-order valence-corrected chi connectivity index (χ0v) is 11.9. The van der Waals surface area contributed by atoms with Gasteiger partial charge >= 0.3 is 11.9 Å². The van der Waals surface area contributed by atoms with E-state index >= 15 is 0 Å². The van der Waals surface area contributed by atoms with Crippen molar-refractivity contribution in [1.82, 2.24) is 0 Å². The van der Waals surface area contributed by atoms with E-state index in [-0.39, 0.29) is 18.3 Å². The minimum Gasteiger partial charge on any atom is -0.481 e. The molecule has 0 heterocycles. The van der Waals surface area contributed by atoms with Crippen LogP contribution >= 0.6 is 0 Å². The van der Waals surface area contributed by atoms with Crippen LogP contribution in [0.15, 0.2) is 0 Å². The van der Waals surface area contributed by atoms with E-state index in [9.17, 15) is 14.7 Å². The molecule has 0 spiro atoms. The molecule has 0 aromatic heterocycles. The lowest BCUT2D eigenvalue weighted by atomic mass is 9.64. The lowest BCUT2D eigenvalue weighted by Crippen LogP contribution is -2.40. The highest BCUT2D eigenvalue weighted by Crippen LogP contribution is 2.43. The van der Waals surface area contributed by atoms with Crippen LogP contribution in [0.5, 0.6) is 0 Å². The Morgan fingerprint density at radius 2 is 1.61 bits per heavy atom. The summed E-state index contributed by atoms with van der Waals surface area (Å²) in [7, 11) is 0. The van der Waals surface area contributed by atoms with Gasteiger partial charge in [-0.2, -0.15) is 0 Å².